The van der Waals surface area contributed by atoms with Crippen LogP contribution in [0.1, 0.15) is 17.2 Å². The van der Waals surface area contributed by atoms with E-state index in [1.54, 1.807) is 7.11 Å². The molecule has 1 aromatic heterocycles. The molecule has 1 aromatic carbocycles. The number of aliphatic hydroxyl groups is 1. The van der Waals surface area contributed by atoms with Crippen LogP contribution in [0.25, 0.3) is 0 Å². The van der Waals surface area contributed by atoms with Crippen molar-refractivity contribution in [3.63, 3.8) is 0 Å². The largest absolute Gasteiger partial charge is 0.497 e. The summed E-state index contributed by atoms with van der Waals surface area (Å²) in [7, 11) is 1.64. The first-order chi connectivity index (χ1) is 7.85. The van der Waals surface area contributed by atoms with Gasteiger partial charge in [0.1, 0.15) is 5.75 Å². The molecule has 0 radical (unpaired) electrons. The molecule has 16 heavy (non-hydrogen) atoms. The first kappa shape index (κ1) is 10.8. The molecule has 1 heterocycles. The minimum atomic E-state index is 0.000839. The molecule has 0 aliphatic carbocycles. The average molecular weight is 217 g/mol. The lowest BCUT2D eigenvalue weighted by molar-refractivity contribution is 0.279. The molecule has 2 N–H and O–H groups in total. The summed E-state index contributed by atoms with van der Waals surface area (Å²) in [5, 5.41) is 9.43. The number of H-pyrrole nitrogens is 1. The van der Waals surface area contributed by atoms with Gasteiger partial charge in [0.15, 0.2) is 0 Å². The third kappa shape index (κ3) is 2.09. The lowest BCUT2D eigenvalue weighted by atomic mass is 9.97. The molecule has 3 nitrogen and oxygen atoms in total. The number of benzene rings is 1. The van der Waals surface area contributed by atoms with Crippen LogP contribution >= 0.6 is 0 Å². The number of methoxy groups -OCH3 is 1. The van der Waals surface area contributed by atoms with Crippen molar-refractivity contribution in [2.45, 2.75) is 5.92 Å². The van der Waals surface area contributed by atoms with Gasteiger partial charge in [-0.15, -0.1) is 0 Å². The second kappa shape index (κ2) is 4.86. The molecule has 2 aromatic rings. The van der Waals surface area contributed by atoms with E-state index in [1.165, 1.54) is 0 Å². The number of hydrogen-bond acceptors (Lipinski definition) is 2. The summed E-state index contributed by atoms with van der Waals surface area (Å²) in [5.41, 5.74) is 2.10. The minimum absolute atomic E-state index is 0.000839. The highest BCUT2D eigenvalue weighted by Gasteiger charge is 2.13. The highest BCUT2D eigenvalue weighted by atomic mass is 16.5. The summed E-state index contributed by atoms with van der Waals surface area (Å²) in [4.78, 5) is 3.12. The summed E-state index contributed by atoms with van der Waals surface area (Å²) in [6.07, 6.45) is 1.86. The first-order valence-electron chi connectivity index (χ1n) is 5.23. The van der Waals surface area contributed by atoms with Crippen molar-refractivity contribution in [3.8, 4) is 5.75 Å². The Morgan fingerprint density at radius 3 is 2.50 bits per heavy atom. The van der Waals surface area contributed by atoms with Crippen LogP contribution in [0.15, 0.2) is 42.6 Å². The van der Waals surface area contributed by atoms with E-state index in [4.69, 9.17) is 4.74 Å². The van der Waals surface area contributed by atoms with Gasteiger partial charge in [0, 0.05) is 17.8 Å². The van der Waals surface area contributed by atoms with Crippen LogP contribution in [0.2, 0.25) is 0 Å². The molecule has 1 atom stereocenters. The Morgan fingerprint density at radius 2 is 2.00 bits per heavy atom. The fourth-order valence-electron chi connectivity index (χ4n) is 1.78. The van der Waals surface area contributed by atoms with Gasteiger partial charge in [-0.05, 0) is 29.8 Å². The van der Waals surface area contributed by atoms with Crippen LogP contribution in [0.3, 0.4) is 0 Å². The van der Waals surface area contributed by atoms with E-state index in [1.807, 2.05) is 42.6 Å². The van der Waals surface area contributed by atoms with Crippen molar-refractivity contribution in [2.75, 3.05) is 13.7 Å². The summed E-state index contributed by atoms with van der Waals surface area (Å²) in [6, 6.07) is 11.7. The number of aromatic nitrogens is 1. The van der Waals surface area contributed by atoms with Gasteiger partial charge in [-0.1, -0.05) is 12.1 Å². The van der Waals surface area contributed by atoms with E-state index in [0.29, 0.717) is 0 Å². The fourth-order valence-corrected chi connectivity index (χ4v) is 1.78. The number of aromatic amines is 1. The Bertz CT molecular complexity index is 420. The summed E-state index contributed by atoms with van der Waals surface area (Å²) < 4.78 is 5.10. The quantitative estimate of drug-likeness (QED) is 0.824. The monoisotopic (exact) mass is 217 g/mol. The standard InChI is InChI=1S/C13H15NO2/c1-16-11-6-4-10(5-7-11)12(9-15)13-3-2-8-14-13/h2-8,12,14-15H,9H2,1H3. The van der Waals surface area contributed by atoms with Gasteiger partial charge in [-0.25, -0.2) is 0 Å². The van der Waals surface area contributed by atoms with E-state index in [0.717, 1.165) is 17.0 Å². The molecule has 0 aliphatic rings. The van der Waals surface area contributed by atoms with E-state index >= 15 is 0 Å². The fraction of sp³-hybridized carbons (Fsp3) is 0.231. The molecule has 0 bridgehead atoms. The molecule has 0 saturated heterocycles. The maximum absolute atomic E-state index is 9.43. The molecule has 0 amide bonds. The van der Waals surface area contributed by atoms with E-state index < -0.39 is 0 Å². The summed E-state index contributed by atoms with van der Waals surface area (Å²) in [6.45, 7) is 0.0901. The molecule has 0 fully saturated rings. The predicted molar refractivity (Wildman–Crippen MR) is 62.7 cm³/mol. The smallest absolute Gasteiger partial charge is 0.118 e. The Balaban J connectivity index is 2.27. The zero-order chi connectivity index (χ0) is 11.4. The number of hydrogen-bond donors (Lipinski definition) is 2. The van der Waals surface area contributed by atoms with E-state index in [-0.39, 0.29) is 12.5 Å². The van der Waals surface area contributed by atoms with Crippen molar-refractivity contribution in [2.24, 2.45) is 0 Å². The van der Waals surface area contributed by atoms with Crippen molar-refractivity contribution in [1.29, 1.82) is 0 Å². The van der Waals surface area contributed by atoms with Crippen molar-refractivity contribution < 1.29 is 9.84 Å². The molecule has 2 rings (SSSR count). The second-order valence-corrected chi connectivity index (χ2v) is 3.63. The Labute approximate surface area is 94.7 Å². The molecule has 1 unspecified atom stereocenters. The van der Waals surface area contributed by atoms with Gasteiger partial charge in [-0.2, -0.15) is 0 Å². The zero-order valence-electron chi connectivity index (χ0n) is 9.18. The molecule has 0 saturated carbocycles. The van der Waals surface area contributed by atoms with Crippen LogP contribution in [0.4, 0.5) is 0 Å². The van der Waals surface area contributed by atoms with E-state index in [9.17, 15) is 5.11 Å². The Kier molecular flexibility index (Phi) is 3.27. The third-order valence-electron chi connectivity index (χ3n) is 2.70. The molecule has 3 heteroatoms. The van der Waals surface area contributed by atoms with Crippen molar-refractivity contribution in [1.82, 2.24) is 4.98 Å². The highest BCUT2D eigenvalue weighted by molar-refractivity contribution is 5.33. The van der Waals surface area contributed by atoms with E-state index in [2.05, 4.69) is 4.98 Å². The molecular weight excluding hydrogens is 202 g/mol. The highest BCUT2D eigenvalue weighted by Crippen LogP contribution is 2.24. The van der Waals surface area contributed by atoms with Crippen LogP contribution in [0.5, 0.6) is 5.75 Å². The van der Waals surface area contributed by atoms with Gasteiger partial charge in [0.25, 0.3) is 0 Å². The minimum Gasteiger partial charge on any atom is -0.497 e. The van der Waals surface area contributed by atoms with Gasteiger partial charge in [-0.3, -0.25) is 0 Å². The van der Waals surface area contributed by atoms with Crippen LogP contribution in [-0.2, 0) is 0 Å². The van der Waals surface area contributed by atoms with Crippen LogP contribution in [-0.4, -0.2) is 23.8 Å². The lowest BCUT2D eigenvalue weighted by Gasteiger charge is -2.13. The number of aliphatic hydroxyl groups excluding tert-OH is 1. The summed E-state index contributed by atoms with van der Waals surface area (Å²) >= 11 is 0. The molecular formula is C13H15NO2. The number of ether oxygens (including phenoxy) is 1. The van der Waals surface area contributed by atoms with Crippen LogP contribution < -0.4 is 4.74 Å². The topological polar surface area (TPSA) is 45.2 Å². The van der Waals surface area contributed by atoms with Crippen LogP contribution in [0, 0.1) is 0 Å². The maximum atomic E-state index is 9.43. The van der Waals surface area contributed by atoms with Crippen molar-refractivity contribution in [3.05, 3.63) is 53.9 Å². The van der Waals surface area contributed by atoms with Gasteiger partial charge in [0.05, 0.1) is 13.7 Å². The van der Waals surface area contributed by atoms with Gasteiger partial charge >= 0.3 is 0 Å². The van der Waals surface area contributed by atoms with Gasteiger partial charge < -0.3 is 14.8 Å². The Hall–Kier alpha value is -1.74. The second-order valence-electron chi connectivity index (χ2n) is 3.63. The summed E-state index contributed by atoms with van der Waals surface area (Å²) in [5.74, 6) is 0.827. The SMILES string of the molecule is COc1ccc(C(CO)c2ccc[nH]2)cc1. The zero-order valence-corrected chi connectivity index (χ0v) is 9.18. The van der Waals surface area contributed by atoms with Gasteiger partial charge in [0.2, 0.25) is 0 Å². The Morgan fingerprint density at radius 1 is 1.25 bits per heavy atom. The normalized spacial score (nSPS) is 12.4. The average Bonchev–Trinajstić information content (AvgIpc) is 2.85. The number of nitrogens with one attached hydrogen (secondary N) is 1. The lowest BCUT2D eigenvalue weighted by Crippen LogP contribution is -2.06. The first-order valence-corrected chi connectivity index (χ1v) is 5.23. The van der Waals surface area contributed by atoms with Crippen molar-refractivity contribution >= 4 is 0 Å². The predicted octanol–water partition coefficient (Wildman–Crippen LogP) is 2.15. The third-order valence-corrected chi connectivity index (χ3v) is 2.70. The molecule has 0 aliphatic heterocycles. The molecule has 0 spiro atoms. The molecule has 84 valence electrons. The maximum Gasteiger partial charge on any atom is 0.118 e. The number of rotatable bonds is 4.